The van der Waals surface area contributed by atoms with Gasteiger partial charge in [0.1, 0.15) is 5.82 Å². The fraction of sp³-hybridized carbons (Fsp3) is 0.0833. The maximum Gasteiger partial charge on any atom is 0.278 e. The third-order valence-electron chi connectivity index (χ3n) is 2.32. The average Bonchev–Trinajstić information content (AvgIpc) is 2.33. The molecule has 2 rings (SSSR count). The second-order valence-electron chi connectivity index (χ2n) is 3.88. The Kier molecular flexibility index (Phi) is 3.28. The molecule has 98 valence electrons. The van der Waals surface area contributed by atoms with Crippen molar-refractivity contribution in [1.29, 1.82) is 0 Å². The van der Waals surface area contributed by atoms with Crippen LogP contribution in [0.3, 0.4) is 0 Å². The normalized spacial score (nSPS) is 10.2. The van der Waals surface area contributed by atoms with Crippen molar-refractivity contribution in [2.75, 3.05) is 5.73 Å². The Morgan fingerprint density at radius 2 is 2.11 bits per heavy atom. The molecule has 1 aromatic carbocycles. The molecule has 1 aromatic heterocycles. The number of rotatable bonds is 3. The number of hydrogen-bond acceptors (Lipinski definition) is 5. The summed E-state index contributed by atoms with van der Waals surface area (Å²) in [4.78, 5) is 13.8. The van der Waals surface area contributed by atoms with Crippen LogP contribution < -0.4 is 10.5 Å². The van der Waals surface area contributed by atoms with Crippen LogP contribution in [0.5, 0.6) is 11.6 Å². The van der Waals surface area contributed by atoms with E-state index in [4.69, 9.17) is 10.5 Å². The van der Waals surface area contributed by atoms with Crippen LogP contribution >= 0.6 is 0 Å². The molecule has 2 N–H and O–H groups in total. The monoisotopic (exact) mass is 263 g/mol. The van der Waals surface area contributed by atoms with Gasteiger partial charge in [0.2, 0.25) is 5.88 Å². The third kappa shape index (κ3) is 2.95. The molecule has 6 nitrogen and oxygen atoms in total. The van der Waals surface area contributed by atoms with Crippen LogP contribution in [-0.2, 0) is 0 Å². The number of aromatic nitrogens is 1. The van der Waals surface area contributed by atoms with Gasteiger partial charge in [0.15, 0.2) is 11.6 Å². The fourth-order valence-electron chi connectivity index (χ4n) is 1.47. The van der Waals surface area contributed by atoms with Crippen molar-refractivity contribution >= 4 is 11.5 Å². The minimum Gasteiger partial charge on any atom is -0.436 e. The summed E-state index contributed by atoms with van der Waals surface area (Å²) in [5, 5.41) is 10.7. The smallest absolute Gasteiger partial charge is 0.278 e. The second-order valence-corrected chi connectivity index (χ2v) is 3.88. The summed E-state index contributed by atoms with van der Waals surface area (Å²) in [5.41, 5.74) is 5.95. The van der Waals surface area contributed by atoms with Crippen molar-refractivity contribution in [2.24, 2.45) is 0 Å². The Bertz CT molecular complexity index is 646. The van der Waals surface area contributed by atoms with Crippen molar-refractivity contribution in [1.82, 2.24) is 4.98 Å². The van der Waals surface area contributed by atoms with Crippen LogP contribution in [0.25, 0.3) is 0 Å². The highest BCUT2D eigenvalue weighted by atomic mass is 19.1. The van der Waals surface area contributed by atoms with Crippen molar-refractivity contribution in [3.63, 3.8) is 0 Å². The predicted molar refractivity (Wildman–Crippen MR) is 66.5 cm³/mol. The molecule has 19 heavy (non-hydrogen) atoms. The van der Waals surface area contributed by atoms with E-state index in [9.17, 15) is 14.5 Å². The summed E-state index contributed by atoms with van der Waals surface area (Å²) in [6, 6.07) is 6.46. The van der Waals surface area contributed by atoms with E-state index >= 15 is 0 Å². The molecule has 0 saturated carbocycles. The molecule has 0 saturated heterocycles. The average molecular weight is 263 g/mol. The van der Waals surface area contributed by atoms with Gasteiger partial charge < -0.3 is 10.5 Å². The van der Waals surface area contributed by atoms with E-state index in [-0.39, 0.29) is 23.1 Å². The van der Waals surface area contributed by atoms with Crippen LogP contribution in [0.1, 0.15) is 5.56 Å². The summed E-state index contributed by atoms with van der Waals surface area (Å²) in [7, 11) is 0. The molecule has 2 aromatic rings. The van der Waals surface area contributed by atoms with E-state index in [2.05, 4.69) is 4.98 Å². The molecule has 0 atom stereocenters. The van der Waals surface area contributed by atoms with Gasteiger partial charge in [-0.05, 0) is 24.6 Å². The lowest BCUT2D eigenvalue weighted by Gasteiger charge is -2.07. The van der Waals surface area contributed by atoms with Crippen LogP contribution in [0.15, 0.2) is 30.3 Å². The number of pyridine rings is 1. The lowest BCUT2D eigenvalue weighted by atomic mass is 10.2. The van der Waals surface area contributed by atoms with Crippen molar-refractivity contribution in [3.8, 4) is 11.6 Å². The van der Waals surface area contributed by atoms with E-state index in [0.29, 0.717) is 0 Å². The predicted octanol–water partition coefficient (Wildman–Crippen LogP) is 2.81. The van der Waals surface area contributed by atoms with Gasteiger partial charge in [-0.25, -0.2) is 4.39 Å². The highest BCUT2D eigenvalue weighted by Crippen LogP contribution is 2.27. The van der Waals surface area contributed by atoms with Gasteiger partial charge in [0.05, 0.1) is 17.1 Å². The zero-order valence-electron chi connectivity index (χ0n) is 9.96. The Morgan fingerprint density at radius 1 is 1.37 bits per heavy atom. The maximum atomic E-state index is 13.5. The number of ether oxygens (including phenoxy) is 1. The van der Waals surface area contributed by atoms with Gasteiger partial charge >= 0.3 is 0 Å². The summed E-state index contributed by atoms with van der Waals surface area (Å²) in [6.45, 7) is 1.77. The highest BCUT2D eigenvalue weighted by Gasteiger charge is 2.13. The number of aryl methyl sites for hydroxylation is 1. The molecule has 7 heteroatoms. The molecular weight excluding hydrogens is 253 g/mol. The zero-order valence-corrected chi connectivity index (χ0v) is 9.96. The first kappa shape index (κ1) is 12.7. The highest BCUT2D eigenvalue weighted by molar-refractivity contribution is 5.46. The van der Waals surface area contributed by atoms with Gasteiger partial charge in [0, 0.05) is 0 Å². The molecule has 0 spiro atoms. The van der Waals surface area contributed by atoms with E-state index in [1.54, 1.807) is 13.0 Å². The molecule has 0 aliphatic heterocycles. The molecule has 0 amide bonds. The lowest BCUT2D eigenvalue weighted by Crippen LogP contribution is -1.98. The van der Waals surface area contributed by atoms with E-state index in [1.807, 2.05) is 0 Å². The minimum atomic E-state index is -0.627. The number of benzene rings is 1. The fourth-order valence-corrected chi connectivity index (χ4v) is 1.47. The summed E-state index contributed by atoms with van der Waals surface area (Å²) in [6.07, 6.45) is 0. The second kappa shape index (κ2) is 4.89. The first-order chi connectivity index (χ1) is 8.95. The zero-order chi connectivity index (χ0) is 14.0. The number of hydrogen-bond donors (Lipinski definition) is 1. The number of halogens is 1. The minimum absolute atomic E-state index is 0.0626. The SMILES string of the molecule is Cc1ccc(F)c(Oc2cc([N+](=O)[O-])cc(N)n2)c1. The number of nitro groups is 1. The van der Waals surface area contributed by atoms with Gasteiger partial charge in [0.25, 0.3) is 5.69 Å². The molecule has 0 aliphatic carbocycles. The number of nitrogens with two attached hydrogens (primary N) is 1. The summed E-state index contributed by atoms with van der Waals surface area (Å²) < 4.78 is 18.7. The van der Waals surface area contributed by atoms with Gasteiger partial charge in [-0.15, -0.1) is 0 Å². The quantitative estimate of drug-likeness (QED) is 0.679. The van der Waals surface area contributed by atoms with Gasteiger partial charge in [-0.1, -0.05) is 6.07 Å². The first-order valence-corrected chi connectivity index (χ1v) is 5.31. The van der Waals surface area contributed by atoms with Crippen LogP contribution in [0.2, 0.25) is 0 Å². The van der Waals surface area contributed by atoms with E-state index < -0.39 is 10.7 Å². The number of anilines is 1. The van der Waals surface area contributed by atoms with E-state index in [1.165, 1.54) is 12.1 Å². The summed E-state index contributed by atoms with van der Waals surface area (Å²) >= 11 is 0. The molecule has 0 bridgehead atoms. The van der Waals surface area contributed by atoms with Gasteiger partial charge in [-0.2, -0.15) is 4.98 Å². The van der Waals surface area contributed by atoms with Crippen molar-refractivity contribution < 1.29 is 14.1 Å². The van der Waals surface area contributed by atoms with Crippen LogP contribution in [0, 0.1) is 22.9 Å². The Morgan fingerprint density at radius 3 is 2.79 bits per heavy atom. The van der Waals surface area contributed by atoms with E-state index in [0.717, 1.165) is 17.7 Å². The Balaban J connectivity index is 2.38. The van der Waals surface area contributed by atoms with Crippen molar-refractivity contribution in [3.05, 3.63) is 51.8 Å². The molecule has 0 radical (unpaired) electrons. The largest absolute Gasteiger partial charge is 0.436 e. The topological polar surface area (TPSA) is 91.3 Å². The molecule has 0 unspecified atom stereocenters. The Labute approximate surface area is 107 Å². The molecule has 0 aliphatic rings. The molecule has 0 fully saturated rings. The van der Waals surface area contributed by atoms with Crippen LogP contribution in [0.4, 0.5) is 15.9 Å². The molecule has 1 heterocycles. The first-order valence-electron chi connectivity index (χ1n) is 5.31. The summed E-state index contributed by atoms with van der Waals surface area (Å²) in [5.74, 6) is -0.849. The van der Waals surface area contributed by atoms with Crippen molar-refractivity contribution in [2.45, 2.75) is 6.92 Å². The van der Waals surface area contributed by atoms with Gasteiger partial charge in [-0.3, -0.25) is 10.1 Å². The maximum absolute atomic E-state index is 13.5. The Hall–Kier alpha value is -2.70. The lowest BCUT2D eigenvalue weighted by molar-refractivity contribution is -0.384. The van der Waals surface area contributed by atoms with Crippen LogP contribution in [-0.4, -0.2) is 9.91 Å². The standard InChI is InChI=1S/C12H10FN3O3/c1-7-2-3-9(13)10(4-7)19-12-6-8(16(17)18)5-11(14)15-12/h2-6H,1H3,(H2,14,15). The number of nitrogen functional groups attached to an aromatic ring is 1. The molecular formula is C12H10FN3O3. The third-order valence-corrected chi connectivity index (χ3v) is 2.32. The number of nitrogens with zero attached hydrogens (tertiary/aromatic N) is 2.